The molecule has 0 bridgehead atoms. The summed E-state index contributed by atoms with van der Waals surface area (Å²) in [5, 5.41) is 18.6. The van der Waals surface area contributed by atoms with Crippen molar-refractivity contribution in [1.82, 2.24) is 9.88 Å². The van der Waals surface area contributed by atoms with Gasteiger partial charge in [-0.2, -0.15) is 5.26 Å². The summed E-state index contributed by atoms with van der Waals surface area (Å²) in [7, 11) is 0. The first-order valence-electron chi connectivity index (χ1n) is 7.80. The Labute approximate surface area is 125 Å². The van der Waals surface area contributed by atoms with Crippen molar-refractivity contribution in [2.45, 2.75) is 37.8 Å². The summed E-state index contributed by atoms with van der Waals surface area (Å²) in [6.07, 6.45) is 6.18. The molecular weight excluding hydrogens is 264 g/mol. The Morgan fingerprint density at radius 1 is 1.29 bits per heavy atom. The van der Waals surface area contributed by atoms with Crippen molar-refractivity contribution >= 4 is 5.69 Å². The molecule has 0 aliphatic carbocycles. The van der Waals surface area contributed by atoms with E-state index in [1.165, 1.54) is 6.42 Å². The molecule has 0 spiro atoms. The van der Waals surface area contributed by atoms with Crippen molar-refractivity contribution in [1.29, 1.82) is 5.26 Å². The second kappa shape index (κ2) is 6.42. The fourth-order valence-corrected chi connectivity index (χ4v) is 3.71. The number of aliphatic hydroxyl groups excluding tert-OH is 1. The number of rotatable bonds is 3. The van der Waals surface area contributed by atoms with Crippen LogP contribution < -0.4 is 4.90 Å². The van der Waals surface area contributed by atoms with Gasteiger partial charge in [0.1, 0.15) is 6.07 Å². The van der Waals surface area contributed by atoms with Crippen LogP contribution in [0.5, 0.6) is 0 Å². The predicted molar refractivity (Wildman–Crippen MR) is 81.0 cm³/mol. The smallest absolute Gasteiger partial charge is 0.163 e. The van der Waals surface area contributed by atoms with Gasteiger partial charge in [-0.1, -0.05) is 0 Å². The normalized spacial score (nSPS) is 24.2. The van der Waals surface area contributed by atoms with Gasteiger partial charge in [-0.15, -0.1) is 0 Å². The highest BCUT2D eigenvalue weighted by Crippen LogP contribution is 2.28. The SMILES string of the molecule is N#Cc1ncccc1N1CCC(N2CCCC2CO)CC1. The molecule has 112 valence electrons. The zero-order chi connectivity index (χ0) is 14.7. The molecule has 1 N–H and O–H groups in total. The van der Waals surface area contributed by atoms with Crippen molar-refractivity contribution in [3.05, 3.63) is 24.0 Å². The lowest BCUT2D eigenvalue weighted by Crippen LogP contribution is -2.47. The highest BCUT2D eigenvalue weighted by molar-refractivity contribution is 5.55. The number of aromatic nitrogens is 1. The Bertz CT molecular complexity index is 519. The molecule has 2 aliphatic heterocycles. The Balaban J connectivity index is 1.64. The molecule has 21 heavy (non-hydrogen) atoms. The molecule has 1 atom stereocenters. The molecule has 0 saturated carbocycles. The van der Waals surface area contributed by atoms with Crippen molar-refractivity contribution in [2.75, 3.05) is 31.1 Å². The van der Waals surface area contributed by atoms with Gasteiger partial charge < -0.3 is 10.0 Å². The van der Waals surface area contributed by atoms with Gasteiger partial charge in [0.15, 0.2) is 5.69 Å². The summed E-state index contributed by atoms with van der Waals surface area (Å²) >= 11 is 0. The minimum Gasteiger partial charge on any atom is -0.395 e. The maximum Gasteiger partial charge on any atom is 0.163 e. The van der Waals surface area contributed by atoms with Gasteiger partial charge in [0.05, 0.1) is 12.3 Å². The van der Waals surface area contributed by atoms with Crippen LogP contribution in [0.15, 0.2) is 18.3 Å². The fourth-order valence-electron chi connectivity index (χ4n) is 3.71. The number of likely N-dealkylation sites (tertiary alicyclic amines) is 1. The van der Waals surface area contributed by atoms with Crippen molar-refractivity contribution in [2.24, 2.45) is 0 Å². The van der Waals surface area contributed by atoms with Crippen LogP contribution in [0.4, 0.5) is 5.69 Å². The number of hydrogen-bond donors (Lipinski definition) is 1. The standard InChI is InChI=1S/C16H22N4O/c17-11-15-16(4-1-7-18-15)19-9-5-13(6-10-19)20-8-2-3-14(20)12-21/h1,4,7,13-14,21H,2-3,5-6,8-10,12H2. The van der Waals surface area contributed by atoms with Gasteiger partial charge in [0.25, 0.3) is 0 Å². The van der Waals surface area contributed by atoms with Crippen LogP contribution >= 0.6 is 0 Å². The third-order valence-corrected chi connectivity index (χ3v) is 4.80. The fraction of sp³-hybridized carbons (Fsp3) is 0.625. The summed E-state index contributed by atoms with van der Waals surface area (Å²) in [6.45, 7) is 3.31. The van der Waals surface area contributed by atoms with Gasteiger partial charge in [0.2, 0.25) is 0 Å². The molecule has 2 saturated heterocycles. The second-order valence-corrected chi connectivity index (χ2v) is 5.92. The van der Waals surface area contributed by atoms with Crippen LogP contribution in [-0.4, -0.2) is 53.3 Å². The molecule has 5 nitrogen and oxygen atoms in total. The van der Waals surface area contributed by atoms with Crippen LogP contribution in [0.3, 0.4) is 0 Å². The lowest BCUT2D eigenvalue weighted by atomic mass is 10.0. The molecule has 1 unspecified atom stereocenters. The number of nitriles is 1. The molecule has 1 aromatic heterocycles. The molecule has 2 aliphatic rings. The van der Waals surface area contributed by atoms with Crippen LogP contribution in [0.25, 0.3) is 0 Å². The molecule has 2 fully saturated rings. The lowest BCUT2D eigenvalue weighted by molar-refractivity contribution is 0.105. The zero-order valence-electron chi connectivity index (χ0n) is 12.3. The summed E-state index contributed by atoms with van der Waals surface area (Å²) < 4.78 is 0. The first-order valence-corrected chi connectivity index (χ1v) is 7.80. The van der Waals surface area contributed by atoms with Gasteiger partial charge >= 0.3 is 0 Å². The van der Waals surface area contributed by atoms with Crippen molar-refractivity contribution in [3.8, 4) is 6.07 Å². The maximum atomic E-state index is 9.47. The molecular formula is C16H22N4O. The van der Waals surface area contributed by atoms with E-state index >= 15 is 0 Å². The van der Waals surface area contributed by atoms with E-state index in [-0.39, 0.29) is 6.61 Å². The third kappa shape index (κ3) is 2.87. The Kier molecular flexibility index (Phi) is 4.37. The van der Waals surface area contributed by atoms with E-state index in [0.29, 0.717) is 17.8 Å². The number of anilines is 1. The first kappa shape index (κ1) is 14.3. The van der Waals surface area contributed by atoms with Gasteiger partial charge in [-0.25, -0.2) is 4.98 Å². The quantitative estimate of drug-likeness (QED) is 0.909. The number of pyridine rings is 1. The van der Waals surface area contributed by atoms with Gasteiger partial charge in [0, 0.05) is 31.4 Å². The van der Waals surface area contributed by atoms with E-state index in [2.05, 4.69) is 20.9 Å². The second-order valence-electron chi connectivity index (χ2n) is 5.92. The highest BCUT2D eigenvalue weighted by Gasteiger charge is 2.32. The molecule has 0 aromatic carbocycles. The molecule has 5 heteroatoms. The number of aliphatic hydroxyl groups is 1. The summed E-state index contributed by atoms with van der Waals surface area (Å²) in [4.78, 5) is 8.91. The van der Waals surface area contributed by atoms with E-state index in [1.54, 1.807) is 6.20 Å². The molecule has 0 radical (unpaired) electrons. The average Bonchev–Trinajstić information content (AvgIpc) is 3.03. The van der Waals surface area contributed by atoms with Crippen LogP contribution in [0.1, 0.15) is 31.4 Å². The number of hydrogen-bond acceptors (Lipinski definition) is 5. The minimum atomic E-state index is 0.279. The molecule has 1 aromatic rings. The summed E-state index contributed by atoms with van der Waals surface area (Å²) in [6, 6.07) is 6.99. The minimum absolute atomic E-state index is 0.279. The average molecular weight is 286 g/mol. The van der Waals surface area contributed by atoms with E-state index in [0.717, 1.165) is 44.6 Å². The molecule has 3 heterocycles. The predicted octanol–water partition coefficient (Wildman–Crippen LogP) is 1.38. The summed E-state index contributed by atoms with van der Waals surface area (Å²) in [5.41, 5.74) is 1.48. The van der Waals surface area contributed by atoms with E-state index in [9.17, 15) is 5.11 Å². The topological polar surface area (TPSA) is 63.4 Å². The first-order chi connectivity index (χ1) is 10.3. The summed E-state index contributed by atoms with van der Waals surface area (Å²) in [5.74, 6) is 0. The van der Waals surface area contributed by atoms with Crippen LogP contribution in [0.2, 0.25) is 0 Å². The zero-order valence-corrected chi connectivity index (χ0v) is 12.3. The van der Waals surface area contributed by atoms with Crippen molar-refractivity contribution < 1.29 is 5.11 Å². The Morgan fingerprint density at radius 2 is 2.10 bits per heavy atom. The Morgan fingerprint density at radius 3 is 2.81 bits per heavy atom. The molecule has 0 amide bonds. The molecule has 3 rings (SSSR count). The largest absolute Gasteiger partial charge is 0.395 e. The monoisotopic (exact) mass is 286 g/mol. The van der Waals surface area contributed by atoms with Crippen LogP contribution in [0, 0.1) is 11.3 Å². The Hall–Kier alpha value is -1.64. The highest BCUT2D eigenvalue weighted by atomic mass is 16.3. The van der Waals surface area contributed by atoms with Gasteiger partial charge in [-0.3, -0.25) is 4.90 Å². The number of piperidine rings is 1. The lowest BCUT2D eigenvalue weighted by Gasteiger charge is -2.40. The maximum absolute atomic E-state index is 9.47. The van der Waals surface area contributed by atoms with E-state index < -0.39 is 0 Å². The van der Waals surface area contributed by atoms with E-state index in [4.69, 9.17) is 5.26 Å². The van der Waals surface area contributed by atoms with E-state index in [1.807, 2.05) is 12.1 Å². The van der Waals surface area contributed by atoms with Gasteiger partial charge in [-0.05, 0) is 44.4 Å². The third-order valence-electron chi connectivity index (χ3n) is 4.80. The number of nitrogens with zero attached hydrogens (tertiary/aromatic N) is 4. The van der Waals surface area contributed by atoms with Crippen LogP contribution in [-0.2, 0) is 0 Å². The van der Waals surface area contributed by atoms with Crippen molar-refractivity contribution in [3.63, 3.8) is 0 Å².